The van der Waals surface area contributed by atoms with Crippen LogP contribution in [0.25, 0.3) is 0 Å². The summed E-state index contributed by atoms with van der Waals surface area (Å²) in [5.41, 5.74) is 8.24. The summed E-state index contributed by atoms with van der Waals surface area (Å²) >= 11 is 0. The normalized spacial score (nSPS) is 10.0. The molecule has 0 heterocycles. The molecule has 12 heavy (non-hydrogen) atoms. The maximum atomic E-state index is 9.00. The van der Waals surface area contributed by atoms with Gasteiger partial charge in [-0.05, 0) is 6.42 Å². The summed E-state index contributed by atoms with van der Waals surface area (Å²) in [6, 6.07) is -0.833. The number of primary amides is 2. The predicted octanol–water partition coefficient (Wildman–Crippen LogP) is -0.589. The number of aliphatic hydroxyl groups excluding tert-OH is 2. The zero-order valence-corrected chi connectivity index (χ0v) is 7.58. The van der Waals surface area contributed by atoms with E-state index in [1.165, 1.54) is 0 Å². The Morgan fingerprint density at radius 1 is 1.33 bits per heavy atom. The van der Waals surface area contributed by atoms with Gasteiger partial charge in [0.05, 0.1) is 13.2 Å². The highest BCUT2D eigenvalue weighted by atomic mass is 16.3. The maximum absolute atomic E-state index is 9.00. The molecule has 0 saturated heterocycles. The van der Waals surface area contributed by atoms with Gasteiger partial charge in [0, 0.05) is 5.41 Å². The highest BCUT2D eigenvalue weighted by Gasteiger charge is 2.18. The van der Waals surface area contributed by atoms with Crippen molar-refractivity contribution in [2.75, 3.05) is 13.2 Å². The first-order chi connectivity index (χ1) is 5.41. The lowest BCUT2D eigenvalue weighted by atomic mass is 9.90. The van der Waals surface area contributed by atoms with E-state index in [-0.39, 0.29) is 18.6 Å². The molecule has 0 fully saturated rings. The third kappa shape index (κ3) is 9.19. The van der Waals surface area contributed by atoms with Crippen LogP contribution < -0.4 is 11.5 Å². The number of rotatable bonds is 3. The van der Waals surface area contributed by atoms with Crippen molar-refractivity contribution in [3.8, 4) is 0 Å². The molecule has 2 amide bonds. The molecule has 0 aromatic rings. The summed E-state index contributed by atoms with van der Waals surface area (Å²) in [6.45, 7) is 3.94. The molecule has 74 valence electrons. The van der Waals surface area contributed by atoms with Gasteiger partial charge in [0.2, 0.25) is 0 Å². The van der Waals surface area contributed by atoms with E-state index in [1.54, 1.807) is 0 Å². The van der Waals surface area contributed by atoms with E-state index in [0.717, 1.165) is 6.42 Å². The number of amides is 2. The Labute approximate surface area is 72.4 Å². The van der Waals surface area contributed by atoms with Crippen molar-refractivity contribution in [2.24, 2.45) is 16.9 Å². The summed E-state index contributed by atoms with van der Waals surface area (Å²) in [5.74, 6) is 0. The van der Waals surface area contributed by atoms with Crippen LogP contribution >= 0.6 is 0 Å². The van der Waals surface area contributed by atoms with E-state index < -0.39 is 6.03 Å². The number of hydrogen-bond acceptors (Lipinski definition) is 3. The van der Waals surface area contributed by atoms with Crippen LogP contribution in [0.2, 0.25) is 0 Å². The maximum Gasteiger partial charge on any atom is 0.309 e. The smallest absolute Gasteiger partial charge is 0.309 e. The van der Waals surface area contributed by atoms with Crippen LogP contribution in [0.3, 0.4) is 0 Å². The van der Waals surface area contributed by atoms with Crippen LogP contribution in [0, 0.1) is 5.41 Å². The summed E-state index contributed by atoms with van der Waals surface area (Å²) in [5, 5.41) is 17.3. The molecular weight excluding hydrogens is 160 g/mol. The Morgan fingerprint density at radius 2 is 1.58 bits per heavy atom. The first-order valence-electron chi connectivity index (χ1n) is 3.68. The van der Waals surface area contributed by atoms with E-state index in [1.807, 2.05) is 13.8 Å². The van der Waals surface area contributed by atoms with E-state index in [4.69, 9.17) is 15.0 Å². The molecule has 0 aromatic carbocycles. The Hall–Kier alpha value is -0.810. The van der Waals surface area contributed by atoms with Gasteiger partial charge in [-0.25, -0.2) is 4.79 Å². The monoisotopic (exact) mass is 178 g/mol. The van der Waals surface area contributed by atoms with Gasteiger partial charge in [0.15, 0.2) is 0 Å². The minimum absolute atomic E-state index is 0.0694. The van der Waals surface area contributed by atoms with Gasteiger partial charge in [-0.2, -0.15) is 0 Å². The van der Waals surface area contributed by atoms with Gasteiger partial charge >= 0.3 is 6.03 Å². The highest BCUT2D eigenvalue weighted by Crippen LogP contribution is 2.17. The zero-order chi connectivity index (χ0) is 10.2. The molecule has 0 aliphatic carbocycles. The molecule has 0 aromatic heterocycles. The lowest BCUT2D eigenvalue weighted by Crippen LogP contribution is -2.24. The zero-order valence-electron chi connectivity index (χ0n) is 7.58. The summed E-state index contributed by atoms with van der Waals surface area (Å²) in [4.78, 5) is 9.00. The van der Waals surface area contributed by atoms with Crippen molar-refractivity contribution in [3.63, 3.8) is 0 Å². The second kappa shape index (κ2) is 6.87. The Bertz CT molecular complexity index is 112. The van der Waals surface area contributed by atoms with Crippen molar-refractivity contribution in [3.05, 3.63) is 0 Å². The SMILES string of the molecule is CCC(C)(CO)CO.NC(N)=O. The average molecular weight is 178 g/mol. The summed E-state index contributed by atoms with van der Waals surface area (Å²) in [6.07, 6.45) is 0.819. The van der Waals surface area contributed by atoms with E-state index in [0.29, 0.717) is 0 Å². The third-order valence-electron chi connectivity index (χ3n) is 1.62. The number of hydrogen-bond donors (Lipinski definition) is 4. The lowest BCUT2D eigenvalue weighted by Gasteiger charge is -2.21. The number of carbonyl (C=O) groups is 1. The van der Waals surface area contributed by atoms with Crippen molar-refractivity contribution in [1.82, 2.24) is 0 Å². The van der Waals surface area contributed by atoms with Crippen molar-refractivity contribution < 1.29 is 15.0 Å². The van der Waals surface area contributed by atoms with Gasteiger partial charge in [-0.15, -0.1) is 0 Å². The number of carbonyl (C=O) groups excluding carboxylic acids is 1. The predicted molar refractivity (Wildman–Crippen MR) is 46.3 cm³/mol. The standard InChI is InChI=1S/C6H14O2.CH4N2O/c1-3-6(2,4-7)5-8;2-1(3)4/h7-8H,3-5H2,1-2H3;(H4,2,3,4). The van der Waals surface area contributed by atoms with Crippen LogP contribution in [-0.2, 0) is 0 Å². The van der Waals surface area contributed by atoms with Crippen molar-refractivity contribution in [1.29, 1.82) is 0 Å². The number of aliphatic hydroxyl groups is 2. The molecule has 5 nitrogen and oxygen atoms in total. The summed E-state index contributed by atoms with van der Waals surface area (Å²) < 4.78 is 0. The minimum Gasteiger partial charge on any atom is -0.396 e. The molecule has 0 spiro atoms. The van der Waals surface area contributed by atoms with Crippen molar-refractivity contribution >= 4 is 6.03 Å². The molecule has 0 unspecified atom stereocenters. The van der Waals surface area contributed by atoms with Gasteiger partial charge in [0.1, 0.15) is 0 Å². The van der Waals surface area contributed by atoms with E-state index >= 15 is 0 Å². The second-order valence-electron chi connectivity index (χ2n) is 2.88. The first kappa shape index (κ1) is 13.8. The molecule has 0 radical (unpaired) electrons. The third-order valence-corrected chi connectivity index (χ3v) is 1.62. The fourth-order valence-corrected chi connectivity index (χ4v) is 0.274. The first-order valence-corrected chi connectivity index (χ1v) is 3.68. The Kier molecular flexibility index (Phi) is 7.88. The Morgan fingerprint density at radius 3 is 1.58 bits per heavy atom. The minimum atomic E-state index is -0.833. The largest absolute Gasteiger partial charge is 0.396 e. The van der Waals surface area contributed by atoms with Gasteiger partial charge < -0.3 is 21.7 Å². The quantitative estimate of drug-likeness (QED) is 0.463. The molecule has 0 aliphatic rings. The molecular formula is C7H18N2O3. The molecule has 0 rings (SSSR count). The molecule has 0 atom stereocenters. The van der Waals surface area contributed by atoms with Crippen LogP contribution in [0.5, 0.6) is 0 Å². The van der Waals surface area contributed by atoms with Gasteiger partial charge in [0.25, 0.3) is 0 Å². The molecule has 0 aliphatic heterocycles. The summed E-state index contributed by atoms with van der Waals surface area (Å²) in [7, 11) is 0. The van der Waals surface area contributed by atoms with Crippen LogP contribution in [-0.4, -0.2) is 29.5 Å². The number of nitrogens with two attached hydrogens (primary N) is 2. The second-order valence-corrected chi connectivity index (χ2v) is 2.88. The fourth-order valence-electron chi connectivity index (χ4n) is 0.274. The molecule has 0 bridgehead atoms. The molecule has 6 N–H and O–H groups in total. The van der Waals surface area contributed by atoms with Gasteiger partial charge in [-0.3, -0.25) is 0 Å². The fraction of sp³-hybridized carbons (Fsp3) is 0.857. The lowest BCUT2D eigenvalue weighted by molar-refractivity contribution is 0.0670. The highest BCUT2D eigenvalue weighted by molar-refractivity contribution is 5.69. The van der Waals surface area contributed by atoms with Gasteiger partial charge in [-0.1, -0.05) is 13.8 Å². The van der Waals surface area contributed by atoms with Crippen LogP contribution in [0.15, 0.2) is 0 Å². The molecule has 0 saturated carbocycles. The number of urea groups is 1. The van der Waals surface area contributed by atoms with E-state index in [9.17, 15) is 0 Å². The van der Waals surface area contributed by atoms with Crippen molar-refractivity contribution in [2.45, 2.75) is 20.3 Å². The topological polar surface area (TPSA) is 110 Å². The van der Waals surface area contributed by atoms with Crippen LogP contribution in [0.4, 0.5) is 4.79 Å². The average Bonchev–Trinajstić information content (AvgIpc) is 2.02. The molecule has 5 heteroatoms. The Balaban J connectivity index is 0. The van der Waals surface area contributed by atoms with E-state index in [2.05, 4.69) is 11.5 Å². The van der Waals surface area contributed by atoms with Crippen LogP contribution in [0.1, 0.15) is 20.3 Å².